The molecule has 144 valence electrons. The van der Waals surface area contributed by atoms with Crippen molar-refractivity contribution in [2.75, 3.05) is 16.8 Å². The highest BCUT2D eigenvalue weighted by Gasteiger charge is 2.14. The molecule has 2 heterocycles. The lowest BCUT2D eigenvalue weighted by Crippen LogP contribution is -2.25. The first-order valence-corrected chi connectivity index (χ1v) is 9.19. The Labute approximate surface area is 163 Å². The molecule has 0 aliphatic rings. The van der Waals surface area contributed by atoms with E-state index in [1.807, 2.05) is 0 Å². The van der Waals surface area contributed by atoms with Crippen LogP contribution >= 0.6 is 11.8 Å². The zero-order valence-electron chi connectivity index (χ0n) is 14.6. The normalized spacial score (nSPS) is 10.4. The Morgan fingerprint density at radius 2 is 1.96 bits per heavy atom. The molecule has 3 aromatic rings. The quantitative estimate of drug-likeness (QED) is 0.349. The summed E-state index contributed by atoms with van der Waals surface area (Å²) in [6.07, 6.45) is 1.52. The molecule has 0 aliphatic carbocycles. The Hall–Kier alpha value is -3.53. The number of nitrogens with zero attached hydrogens (tertiary/aromatic N) is 1. The summed E-state index contributed by atoms with van der Waals surface area (Å²) in [5, 5.41) is 5.31. The van der Waals surface area contributed by atoms with Crippen LogP contribution in [0.4, 0.5) is 11.5 Å². The predicted molar refractivity (Wildman–Crippen MR) is 105 cm³/mol. The summed E-state index contributed by atoms with van der Waals surface area (Å²) in [6, 6.07) is 11.9. The fourth-order valence-electron chi connectivity index (χ4n) is 2.22. The lowest BCUT2D eigenvalue weighted by atomic mass is 10.2. The van der Waals surface area contributed by atoms with Crippen molar-refractivity contribution in [2.24, 2.45) is 0 Å². The second-order valence-corrected chi connectivity index (χ2v) is 6.56. The number of hydrogen-bond donors (Lipinski definition) is 4. The fraction of sp³-hybridized carbons (Fsp3) is 0.111. The SMILES string of the molecule is Nc1nc(SCC(=O)NCc2ccco2)[nH]c(=O)c1NC(=O)c1ccccc1. The maximum absolute atomic E-state index is 12.2. The molecule has 0 bridgehead atoms. The van der Waals surface area contributed by atoms with Gasteiger partial charge >= 0.3 is 0 Å². The predicted octanol–water partition coefficient (Wildman–Crippen LogP) is 1.61. The van der Waals surface area contributed by atoms with Gasteiger partial charge in [-0.05, 0) is 24.3 Å². The summed E-state index contributed by atoms with van der Waals surface area (Å²) < 4.78 is 5.12. The molecule has 0 saturated heterocycles. The molecule has 3 rings (SSSR count). The number of anilines is 2. The number of nitrogens with two attached hydrogens (primary N) is 1. The Kier molecular flexibility index (Phi) is 6.12. The van der Waals surface area contributed by atoms with Crippen LogP contribution in [-0.2, 0) is 11.3 Å². The number of thioether (sulfide) groups is 1. The van der Waals surface area contributed by atoms with E-state index in [4.69, 9.17) is 10.2 Å². The van der Waals surface area contributed by atoms with Crippen LogP contribution in [0.3, 0.4) is 0 Å². The van der Waals surface area contributed by atoms with Crippen molar-refractivity contribution in [3.8, 4) is 0 Å². The number of hydrogen-bond acceptors (Lipinski definition) is 7. The van der Waals surface area contributed by atoms with Gasteiger partial charge in [-0.2, -0.15) is 0 Å². The lowest BCUT2D eigenvalue weighted by molar-refractivity contribution is -0.118. The third-order valence-electron chi connectivity index (χ3n) is 3.58. The van der Waals surface area contributed by atoms with E-state index in [1.54, 1.807) is 42.5 Å². The first kappa shape index (κ1) is 19.2. The van der Waals surface area contributed by atoms with Gasteiger partial charge in [0.05, 0.1) is 18.6 Å². The standard InChI is InChI=1S/C18H17N5O4S/c19-15-14(21-16(25)11-5-2-1-3-6-11)17(26)23-18(22-15)28-10-13(24)20-9-12-7-4-8-27-12/h1-8H,9-10H2,(H,20,24)(H,21,25)(H3,19,22,23,26). The van der Waals surface area contributed by atoms with E-state index in [9.17, 15) is 14.4 Å². The molecule has 0 unspecified atom stereocenters. The maximum atomic E-state index is 12.2. The molecular formula is C18H17N5O4S. The van der Waals surface area contributed by atoms with Gasteiger partial charge < -0.3 is 20.8 Å². The molecular weight excluding hydrogens is 382 g/mol. The molecule has 0 spiro atoms. The lowest BCUT2D eigenvalue weighted by Gasteiger charge is -2.08. The highest BCUT2D eigenvalue weighted by molar-refractivity contribution is 7.99. The number of aromatic nitrogens is 2. The summed E-state index contributed by atoms with van der Waals surface area (Å²) in [4.78, 5) is 42.8. The average Bonchev–Trinajstić information content (AvgIpc) is 3.21. The molecule has 0 radical (unpaired) electrons. The van der Waals surface area contributed by atoms with E-state index in [0.717, 1.165) is 11.8 Å². The van der Waals surface area contributed by atoms with Gasteiger partial charge in [-0.1, -0.05) is 30.0 Å². The zero-order chi connectivity index (χ0) is 19.9. The number of furan rings is 1. The number of H-pyrrole nitrogens is 1. The van der Waals surface area contributed by atoms with E-state index in [1.165, 1.54) is 6.26 Å². The average molecular weight is 399 g/mol. The summed E-state index contributed by atoms with van der Waals surface area (Å²) in [7, 11) is 0. The number of aromatic amines is 1. The molecule has 10 heteroatoms. The number of carbonyl (C=O) groups excluding carboxylic acids is 2. The number of nitrogens with one attached hydrogen (secondary N) is 3. The van der Waals surface area contributed by atoms with E-state index in [0.29, 0.717) is 11.3 Å². The van der Waals surface area contributed by atoms with Crippen molar-refractivity contribution >= 4 is 35.1 Å². The maximum Gasteiger partial charge on any atom is 0.277 e. The number of carbonyl (C=O) groups is 2. The summed E-state index contributed by atoms with van der Waals surface area (Å²) in [5.41, 5.74) is 5.45. The second kappa shape index (κ2) is 8.91. The number of nitrogen functional groups attached to an aromatic ring is 1. The van der Waals surface area contributed by atoms with Gasteiger partial charge in [0, 0.05) is 5.56 Å². The second-order valence-electron chi connectivity index (χ2n) is 5.60. The molecule has 0 atom stereocenters. The van der Waals surface area contributed by atoms with Crippen molar-refractivity contribution in [1.82, 2.24) is 15.3 Å². The van der Waals surface area contributed by atoms with Crippen molar-refractivity contribution in [2.45, 2.75) is 11.7 Å². The summed E-state index contributed by atoms with van der Waals surface area (Å²) >= 11 is 1.02. The topological polar surface area (TPSA) is 143 Å². The van der Waals surface area contributed by atoms with Crippen molar-refractivity contribution in [3.05, 3.63) is 70.4 Å². The molecule has 5 N–H and O–H groups in total. The molecule has 28 heavy (non-hydrogen) atoms. The fourth-order valence-corrected chi connectivity index (χ4v) is 2.92. The van der Waals surface area contributed by atoms with E-state index in [-0.39, 0.29) is 34.9 Å². The first-order chi connectivity index (χ1) is 13.5. The molecule has 0 fully saturated rings. The third kappa shape index (κ3) is 5.01. The van der Waals surface area contributed by atoms with E-state index >= 15 is 0 Å². The number of rotatable bonds is 7. The van der Waals surface area contributed by atoms with Gasteiger partial charge in [0.15, 0.2) is 11.0 Å². The van der Waals surface area contributed by atoms with Crippen LogP contribution in [-0.4, -0.2) is 27.5 Å². The number of benzene rings is 1. The van der Waals surface area contributed by atoms with Crippen LogP contribution in [0.25, 0.3) is 0 Å². The first-order valence-electron chi connectivity index (χ1n) is 8.21. The smallest absolute Gasteiger partial charge is 0.277 e. The van der Waals surface area contributed by atoms with Gasteiger partial charge in [-0.15, -0.1) is 0 Å². The van der Waals surface area contributed by atoms with Gasteiger partial charge in [0.25, 0.3) is 11.5 Å². The minimum atomic E-state index is -0.602. The molecule has 0 saturated carbocycles. The molecule has 1 aromatic carbocycles. The molecule has 9 nitrogen and oxygen atoms in total. The van der Waals surface area contributed by atoms with Gasteiger partial charge in [0.1, 0.15) is 11.4 Å². The van der Waals surface area contributed by atoms with Gasteiger partial charge in [-0.3, -0.25) is 19.4 Å². The van der Waals surface area contributed by atoms with Gasteiger partial charge in [-0.25, -0.2) is 4.98 Å². The van der Waals surface area contributed by atoms with Crippen LogP contribution in [0.15, 0.2) is 63.1 Å². The largest absolute Gasteiger partial charge is 0.467 e. The van der Waals surface area contributed by atoms with Crippen molar-refractivity contribution < 1.29 is 14.0 Å². The molecule has 2 aromatic heterocycles. The minimum Gasteiger partial charge on any atom is -0.467 e. The Morgan fingerprint density at radius 1 is 1.18 bits per heavy atom. The highest BCUT2D eigenvalue weighted by Crippen LogP contribution is 2.17. The van der Waals surface area contributed by atoms with E-state index < -0.39 is 11.5 Å². The van der Waals surface area contributed by atoms with Crippen molar-refractivity contribution in [1.29, 1.82) is 0 Å². The van der Waals surface area contributed by atoms with Gasteiger partial charge in [0.2, 0.25) is 5.91 Å². The minimum absolute atomic E-state index is 0.0266. The van der Waals surface area contributed by atoms with Crippen molar-refractivity contribution in [3.63, 3.8) is 0 Å². The molecule has 0 aliphatic heterocycles. The highest BCUT2D eigenvalue weighted by atomic mass is 32.2. The van der Waals surface area contributed by atoms with Crippen LogP contribution < -0.4 is 21.9 Å². The van der Waals surface area contributed by atoms with Crippen LogP contribution in [0.2, 0.25) is 0 Å². The third-order valence-corrected chi connectivity index (χ3v) is 4.45. The van der Waals surface area contributed by atoms with Crippen LogP contribution in [0.5, 0.6) is 0 Å². The number of amides is 2. The Bertz CT molecular complexity index is 1020. The monoisotopic (exact) mass is 399 g/mol. The Morgan fingerprint density at radius 3 is 2.64 bits per heavy atom. The summed E-state index contributed by atoms with van der Waals surface area (Å²) in [5.74, 6) is -0.209. The summed E-state index contributed by atoms with van der Waals surface area (Å²) in [6.45, 7) is 0.267. The van der Waals surface area contributed by atoms with Crippen LogP contribution in [0.1, 0.15) is 16.1 Å². The Balaban J connectivity index is 1.59. The molecule has 2 amide bonds. The zero-order valence-corrected chi connectivity index (χ0v) is 15.4. The van der Waals surface area contributed by atoms with Crippen LogP contribution in [0, 0.1) is 0 Å². The van der Waals surface area contributed by atoms with E-state index in [2.05, 4.69) is 20.6 Å².